The fourth-order valence-electron chi connectivity index (χ4n) is 2.32. The number of nitrogens with zero attached hydrogens (tertiary/aromatic N) is 1. The van der Waals surface area contributed by atoms with Crippen molar-refractivity contribution in [2.45, 2.75) is 18.2 Å². The normalized spacial score (nSPS) is 11.2. The molecule has 2 aromatic rings. The van der Waals surface area contributed by atoms with E-state index >= 15 is 0 Å². The van der Waals surface area contributed by atoms with Crippen molar-refractivity contribution < 1.29 is 14.4 Å². The smallest absolute Gasteiger partial charge is 0.243 e. The van der Waals surface area contributed by atoms with E-state index < -0.39 is 4.92 Å². The Kier molecular flexibility index (Phi) is 6.89. The molecule has 0 spiro atoms. The molecule has 132 valence electrons. The van der Waals surface area contributed by atoms with Crippen molar-refractivity contribution >= 4 is 17.8 Å². The molecule has 0 radical (unpaired) electrons. The monoisotopic (exact) mass is 359 g/mol. The molecule has 0 N–H and O–H groups in total. The van der Waals surface area contributed by atoms with E-state index in [0.717, 1.165) is 17.1 Å². The predicted molar refractivity (Wildman–Crippen MR) is 101 cm³/mol. The van der Waals surface area contributed by atoms with Crippen LogP contribution < -0.4 is 9.47 Å². The number of hydrogen-bond acceptors (Lipinski definition) is 5. The molecular weight excluding hydrogens is 338 g/mol. The number of nitro groups is 1. The molecule has 0 aliphatic rings. The van der Waals surface area contributed by atoms with Crippen LogP contribution in [-0.4, -0.2) is 24.9 Å². The van der Waals surface area contributed by atoms with Crippen molar-refractivity contribution in [3.63, 3.8) is 0 Å². The van der Waals surface area contributed by atoms with Gasteiger partial charge in [0, 0.05) is 24.3 Å². The first-order valence-corrected chi connectivity index (χ1v) is 8.79. The van der Waals surface area contributed by atoms with Gasteiger partial charge in [0.05, 0.1) is 24.0 Å². The van der Waals surface area contributed by atoms with Gasteiger partial charge < -0.3 is 9.47 Å². The van der Waals surface area contributed by atoms with Gasteiger partial charge in [0.2, 0.25) is 5.70 Å². The second-order valence-electron chi connectivity index (χ2n) is 5.37. The van der Waals surface area contributed by atoms with E-state index in [1.807, 2.05) is 24.3 Å². The lowest BCUT2D eigenvalue weighted by atomic mass is 10.1. The minimum Gasteiger partial charge on any atom is -0.496 e. The molecule has 6 heteroatoms. The summed E-state index contributed by atoms with van der Waals surface area (Å²) in [5, 5.41) is 10.9. The Morgan fingerprint density at radius 3 is 2.44 bits per heavy atom. The SMILES string of the molecule is COc1cc(SCCc2ccccc2)c(OC)cc1/C=C(\C)[N+](=O)[O-]. The van der Waals surface area contributed by atoms with E-state index in [2.05, 4.69) is 12.1 Å². The molecule has 2 aromatic carbocycles. The number of benzene rings is 2. The lowest BCUT2D eigenvalue weighted by Gasteiger charge is -2.13. The average Bonchev–Trinajstić information content (AvgIpc) is 2.63. The van der Waals surface area contributed by atoms with Gasteiger partial charge in [0.1, 0.15) is 11.5 Å². The zero-order valence-electron chi connectivity index (χ0n) is 14.5. The summed E-state index contributed by atoms with van der Waals surface area (Å²) >= 11 is 1.67. The predicted octanol–water partition coefficient (Wildman–Crippen LogP) is 4.68. The van der Waals surface area contributed by atoms with Crippen LogP contribution in [0, 0.1) is 10.1 Å². The number of allylic oxidation sites excluding steroid dienone is 1. The van der Waals surface area contributed by atoms with Crippen molar-refractivity contribution in [1.29, 1.82) is 0 Å². The van der Waals surface area contributed by atoms with Crippen molar-refractivity contribution in [1.82, 2.24) is 0 Å². The summed E-state index contributed by atoms with van der Waals surface area (Å²) in [4.78, 5) is 11.4. The van der Waals surface area contributed by atoms with Crippen LogP contribution in [0.1, 0.15) is 18.1 Å². The van der Waals surface area contributed by atoms with Gasteiger partial charge in [-0.2, -0.15) is 0 Å². The molecule has 0 saturated carbocycles. The van der Waals surface area contributed by atoms with E-state index in [0.29, 0.717) is 17.1 Å². The molecule has 0 amide bonds. The van der Waals surface area contributed by atoms with Gasteiger partial charge in [-0.3, -0.25) is 10.1 Å². The maximum atomic E-state index is 10.9. The molecule has 0 aliphatic carbocycles. The quantitative estimate of drug-likeness (QED) is 0.389. The maximum absolute atomic E-state index is 10.9. The van der Waals surface area contributed by atoms with Gasteiger partial charge in [-0.1, -0.05) is 30.3 Å². The zero-order valence-corrected chi connectivity index (χ0v) is 15.3. The Hall–Kier alpha value is -2.47. The highest BCUT2D eigenvalue weighted by molar-refractivity contribution is 7.99. The van der Waals surface area contributed by atoms with Gasteiger partial charge in [-0.05, 0) is 24.1 Å². The van der Waals surface area contributed by atoms with E-state index in [-0.39, 0.29) is 5.70 Å². The highest BCUT2D eigenvalue weighted by Crippen LogP contribution is 2.37. The highest BCUT2D eigenvalue weighted by atomic mass is 32.2. The lowest BCUT2D eigenvalue weighted by Crippen LogP contribution is -1.97. The molecule has 0 aliphatic heterocycles. The van der Waals surface area contributed by atoms with Gasteiger partial charge in [0.25, 0.3) is 0 Å². The third kappa shape index (κ3) is 5.26. The Morgan fingerprint density at radius 1 is 1.16 bits per heavy atom. The second kappa shape index (κ2) is 9.13. The minimum atomic E-state index is -0.422. The van der Waals surface area contributed by atoms with Crippen LogP contribution in [0.15, 0.2) is 53.1 Å². The van der Waals surface area contributed by atoms with Crippen LogP contribution in [0.2, 0.25) is 0 Å². The molecule has 0 atom stereocenters. The maximum Gasteiger partial charge on any atom is 0.243 e. The molecule has 0 fully saturated rings. The Labute approximate surface area is 151 Å². The van der Waals surface area contributed by atoms with Gasteiger partial charge >= 0.3 is 0 Å². The Morgan fingerprint density at radius 2 is 1.84 bits per heavy atom. The molecule has 0 aromatic heterocycles. The summed E-state index contributed by atoms with van der Waals surface area (Å²) in [5.41, 5.74) is 1.95. The molecule has 0 heterocycles. The molecule has 0 bridgehead atoms. The number of hydrogen-bond donors (Lipinski definition) is 0. The van der Waals surface area contributed by atoms with Crippen LogP contribution in [-0.2, 0) is 6.42 Å². The van der Waals surface area contributed by atoms with Crippen molar-refractivity contribution in [2.24, 2.45) is 0 Å². The van der Waals surface area contributed by atoms with E-state index in [4.69, 9.17) is 9.47 Å². The summed E-state index contributed by atoms with van der Waals surface area (Å²) in [6.07, 6.45) is 2.43. The zero-order chi connectivity index (χ0) is 18.2. The summed E-state index contributed by atoms with van der Waals surface area (Å²) in [5.74, 6) is 2.16. The number of ether oxygens (including phenoxy) is 2. The standard InChI is InChI=1S/C19H21NO4S/c1-14(20(21)22)11-16-12-18(24-3)19(13-17(16)23-2)25-10-9-15-7-5-4-6-8-15/h4-8,11-13H,9-10H2,1-3H3/b14-11+. The fraction of sp³-hybridized carbons (Fsp3) is 0.263. The summed E-state index contributed by atoms with van der Waals surface area (Å²) in [6.45, 7) is 1.45. The molecule has 25 heavy (non-hydrogen) atoms. The van der Waals surface area contributed by atoms with Crippen LogP contribution in [0.5, 0.6) is 11.5 Å². The first-order valence-electron chi connectivity index (χ1n) is 7.80. The first kappa shape index (κ1) is 18.9. The summed E-state index contributed by atoms with van der Waals surface area (Å²) < 4.78 is 10.8. The third-order valence-corrected chi connectivity index (χ3v) is 4.70. The molecule has 0 unspecified atom stereocenters. The largest absolute Gasteiger partial charge is 0.496 e. The molecular formula is C19H21NO4S. The fourth-order valence-corrected chi connectivity index (χ4v) is 3.35. The van der Waals surface area contributed by atoms with Gasteiger partial charge in [0.15, 0.2) is 0 Å². The van der Waals surface area contributed by atoms with Crippen molar-refractivity contribution in [3.8, 4) is 11.5 Å². The van der Waals surface area contributed by atoms with E-state index in [9.17, 15) is 10.1 Å². The number of aryl methyl sites for hydroxylation is 1. The topological polar surface area (TPSA) is 61.6 Å². The average molecular weight is 359 g/mol. The molecule has 5 nitrogen and oxygen atoms in total. The number of methoxy groups -OCH3 is 2. The highest BCUT2D eigenvalue weighted by Gasteiger charge is 2.13. The first-order chi connectivity index (χ1) is 12.0. The second-order valence-corrected chi connectivity index (χ2v) is 6.51. The summed E-state index contributed by atoms with van der Waals surface area (Å²) in [7, 11) is 3.15. The third-order valence-electron chi connectivity index (χ3n) is 3.66. The van der Waals surface area contributed by atoms with Gasteiger partial charge in [-0.15, -0.1) is 11.8 Å². The summed E-state index contributed by atoms with van der Waals surface area (Å²) in [6, 6.07) is 13.9. The Bertz CT molecular complexity index is 760. The molecule has 0 saturated heterocycles. The minimum absolute atomic E-state index is 0.0461. The number of thioether (sulfide) groups is 1. The Balaban J connectivity index is 2.20. The van der Waals surface area contributed by atoms with Gasteiger partial charge in [-0.25, -0.2) is 0 Å². The van der Waals surface area contributed by atoms with Crippen LogP contribution >= 0.6 is 11.8 Å². The van der Waals surface area contributed by atoms with Crippen molar-refractivity contribution in [3.05, 3.63) is 69.4 Å². The van der Waals surface area contributed by atoms with Crippen LogP contribution in [0.4, 0.5) is 0 Å². The van der Waals surface area contributed by atoms with E-state index in [1.165, 1.54) is 18.6 Å². The lowest BCUT2D eigenvalue weighted by molar-refractivity contribution is -0.422. The number of rotatable bonds is 8. The van der Waals surface area contributed by atoms with Crippen LogP contribution in [0.25, 0.3) is 6.08 Å². The van der Waals surface area contributed by atoms with Crippen molar-refractivity contribution in [2.75, 3.05) is 20.0 Å². The molecule has 2 rings (SSSR count). The van der Waals surface area contributed by atoms with E-state index in [1.54, 1.807) is 32.0 Å². The van der Waals surface area contributed by atoms with Crippen LogP contribution in [0.3, 0.4) is 0 Å².